The molecular weight excluding hydrogens is 296 g/mol. The highest BCUT2D eigenvalue weighted by Gasteiger charge is 2.19. The van der Waals surface area contributed by atoms with Crippen LogP contribution in [0.15, 0.2) is 0 Å². The number of nitrogens with one attached hydrogen (secondary N) is 2. The van der Waals surface area contributed by atoms with Crippen molar-refractivity contribution in [3.05, 3.63) is 10.6 Å². The van der Waals surface area contributed by atoms with Gasteiger partial charge in [0.25, 0.3) is 0 Å². The summed E-state index contributed by atoms with van der Waals surface area (Å²) >= 11 is 1.35. The standard InChI is InChI=1S/C12H24N4O2S2/c1-9(2)13-7-6-8-16(5)20(17,18)15-12-14-10(3)11(4)19-12/h9,13H,6-8H2,1-5H3,(H,14,15). The molecule has 0 bridgehead atoms. The molecule has 1 aromatic heterocycles. The van der Waals surface area contributed by atoms with Crippen LogP contribution >= 0.6 is 11.3 Å². The van der Waals surface area contributed by atoms with Crippen LogP contribution in [0.2, 0.25) is 0 Å². The minimum atomic E-state index is -3.51. The van der Waals surface area contributed by atoms with Gasteiger partial charge < -0.3 is 5.32 Å². The topological polar surface area (TPSA) is 74.3 Å². The number of rotatable bonds is 8. The molecule has 0 unspecified atom stereocenters. The van der Waals surface area contributed by atoms with E-state index in [2.05, 4.69) is 28.9 Å². The molecule has 0 aliphatic rings. The van der Waals surface area contributed by atoms with Crippen LogP contribution in [-0.4, -0.2) is 43.9 Å². The summed E-state index contributed by atoms with van der Waals surface area (Å²) in [6.45, 7) is 9.19. The predicted molar refractivity (Wildman–Crippen MR) is 84.5 cm³/mol. The van der Waals surface area contributed by atoms with E-state index in [1.165, 1.54) is 15.6 Å². The Morgan fingerprint density at radius 3 is 2.50 bits per heavy atom. The van der Waals surface area contributed by atoms with Crippen molar-refractivity contribution in [1.29, 1.82) is 0 Å². The van der Waals surface area contributed by atoms with Crippen molar-refractivity contribution in [2.45, 2.75) is 40.2 Å². The van der Waals surface area contributed by atoms with E-state index >= 15 is 0 Å². The molecule has 2 N–H and O–H groups in total. The summed E-state index contributed by atoms with van der Waals surface area (Å²) in [5, 5.41) is 3.68. The first-order valence-electron chi connectivity index (χ1n) is 6.64. The van der Waals surface area contributed by atoms with Crippen LogP contribution in [0, 0.1) is 13.8 Å². The number of aryl methyl sites for hydroxylation is 2. The summed E-state index contributed by atoms with van der Waals surface area (Å²) in [5.74, 6) is 0. The van der Waals surface area contributed by atoms with Gasteiger partial charge in [-0.3, -0.25) is 0 Å². The highest BCUT2D eigenvalue weighted by atomic mass is 32.2. The van der Waals surface area contributed by atoms with Gasteiger partial charge in [0.2, 0.25) is 0 Å². The zero-order chi connectivity index (χ0) is 15.3. The van der Waals surface area contributed by atoms with Crippen molar-refractivity contribution in [1.82, 2.24) is 14.6 Å². The fourth-order valence-corrected chi connectivity index (χ4v) is 3.46. The molecule has 1 aromatic rings. The lowest BCUT2D eigenvalue weighted by atomic mass is 10.3. The largest absolute Gasteiger partial charge is 0.314 e. The SMILES string of the molecule is Cc1nc(NS(=O)(=O)N(C)CCCNC(C)C)sc1C. The summed E-state index contributed by atoms with van der Waals surface area (Å²) in [7, 11) is -1.94. The van der Waals surface area contributed by atoms with E-state index in [0.717, 1.165) is 23.5 Å². The Hall–Kier alpha value is -0.700. The number of hydrogen-bond donors (Lipinski definition) is 2. The Kier molecular flexibility index (Phi) is 6.38. The van der Waals surface area contributed by atoms with Crippen molar-refractivity contribution in [2.75, 3.05) is 24.9 Å². The quantitative estimate of drug-likeness (QED) is 0.716. The summed E-state index contributed by atoms with van der Waals surface area (Å²) < 4.78 is 28.1. The van der Waals surface area contributed by atoms with Crippen LogP contribution in [0.3, 0.4) is 0 Å². The third kappa shape index (κ3) is 5.35. The molecule has 20 heavy (non-hydrogen) atoms. The first-order chi connectivity index (χ1) is 9.22. The van der Waals surface area contributed by atoms with E-state index in [4.69, 9.17) is 0 Å². The summed E-state index contributed by atoms with van der Waals surface area (Å²) in [6.07, 6.45) is 0.769. The van der Waals surface area contributed by atoms with Crippen molar-refractivity contribution in [3.8, 4) is 0 Å². The highest BCUT2D eigenvalue weighted by Crippen LogP contribution is 2.22. The van der Waals surface area contributed by atoms with Gasteiger partial charge in [0.05, 0.1) is 5.69 Å². The molecule has 0 aliphatic heterocycles. The van der Waals surface area contributed by atoms with Crippen LogP contribution in [-0.2, 0) is 10.2 Å². The molecule has 8 heteroatoms. The van der Waals surface area contributed by atoms with E-state index in [1.807, 2.05) is 13.8 Å². The second kappa shape index (κ2) is 7.35. The van der Waals surface area contributed by atoms with E-state index in [0.29, 0.717) is 17.7 Å². The lowest BCUT2D eigenvalue weighted by molar-refractivity contribution is 0.451. The third-order valence-electron chi connectivity index (χ3n) is 2.86. The van der Waals surface area contributed by atoms with Crippen LogP contribution in [0.5, 0.6) is 0 Å². The summed E-state index contributed by atoms with van der Waals surface area (Å²) in [6, 6.07) is 0.413. The first-order valence-corrected chi connectivity index (χ1v) is 8.89. The molecule has 0 spiro atoms. The Bertz CT molecular complexity index is 506. The number of nitrogens with zero attached hydrogens (tertiary/aromatic N) is 2. The lowest BCUT2D eigenvalue weighted by Crippen LogP contribution is -2.35. The van der Waals surface area contributed by atoms with Gasteiger partial charge in [-0.25, -0.2) is 9.71 Å². The van der Waals surface area contributed by atoms with Crippen LogP contribution in [0.4, 0.5) is 5.13 Å². The van der Waals surface area contributed by atoms with Crippen molar-refractivity contribution < 1.29 is 8.42 Å². The zero-order valence-corrected chi connectivity index (χ0v) is 14.4. The molecule has 1 heterocycles. The molecule has 0 amide bonds. The third-order valence-corrected chi connectivity index (χ3v) is 5.43. The Balaban J connectivity index is 2.50. The van der Waals surface area contributed by atoms with E-state index in [1.54, 1.807) is 7.05 Å². The van der Waals surface area contributed by atoms with Gasteiger partial charge in [-0.2, -0.15) is 12.7 Å². The molecular formula is C12H24N4O2S2. The van der Waals surface area contributed by atoms with Crippen molar-refractivity contribution in [3.63, 3.8) is 0 Å². The van der Waals surface area contributed by atoms with Gasteiger partial charge in [0.15, 0.2) is 5.13 Å². The molecule has 1 rings (SSSR count). The average Bonchev–Trinajstić information content (AvgIpc) is 2.62. The van der Waals surface area contributed by atoms with Gasteiger partial charge >= 0.3 is 10.2 Å². The normalized spacial score (nSPS) is 12.3. The van der Waals surface area contributed by atoms with E-state index in [9.17, 15) is 8.42 Å². The smallest absolute Gasteiger partial charge is 0.303 e. The Labute approximate surface area is 125 Å². The molecule has 0 saturated heterocycles. The average molecular weight is 320 g/mol. The fourth-order valence-electron chi connectivity index (χ4n) is 1.52. The summed E-state index contributed by atoms with van der Waals surface area (Å²) in [5.41, 5.74) is 0.858. The molecule has 0 atom stereocenters. The Morgan fingerprint density at radius 2 is 2.00 bits per heavy atom. The van der Waals surface area contributed by atoms with Gasteiger partial charge in [0.1, 0.15) is 0 Å². The van der Waals surface area contributed by atoms with E-state index in [-0.39, 0.29) is 0 Å². The van der Waals surface area contributed by atoms with Crippen LogP contribution in [0.1, 0.15) is 30.8 Å². The second-order valence-electron chi connectivity index (χ2n) is 5.05. The number of thiazole rings is 1. The monoisotopic (exact) mass is 320 g/mol. The first kappa shape index (κ1) is 17.4. The van der Waals surface area contributed by atoms with E-state index < -0.39 is 10.2 Å². The van der Waals surface area contributed by atoms with Gasteiger partial charge in [-0.15, -0.1) is 11.3 Å². The maximum Gasteiger partial charge on any atom is 0.303 e. The molecule has 0 fully saturated rings. The maximum atomic E-state index is 12.1. The predicted octanol–water partition coefficient (Wildman–Crippen LogP) is 1.74. The zero-order valence-electron chi connectivity index (χ0n) is 12.7. The number of aromatic nitrogens is 1. The fraction of sp³-hybridized carbons (Fsp3) is 0.750. The Morgan fingerprint density at radius 1 is 1.35 bits per heavy atom. The summed E-state index contributed by atoms with van der Waals surface area (Å²) in [4.78, 5) is 5.21. The minimum absolute atomic E-state index is 0.413. The second-order valence-corrected chi connectivity index (χ2v) is 8.03. The maximum absolute atomic E-state index is 12.1. The number of hydrogen-bond acceptors (Lipinski definition) is 5. The molecule has 6 nitrogen and oxygen atoms in total. The van der Waals surface area contributed by atoms with Crippen molar-refractivity contribution in [2.24, 2.45) is 0 Å². The molecule has 0 aliphatic carbocycles. The lowest BCUT2D eigenvalue weighted by Gasteiger charge is -2.17. The minimum Gasteiger partial charge on any atom is -0.314 e. The molecule has 0 radical (unpaired) electrons. The highest BCUT2D eigenvalue weighted by molar-refractivity contribution is 7.90. The van der Waals surface area contributed by atoms with Gasteiger partial charge in [-0.05, 0) is 26.8 Å². The van der Waals surface area contributed by atoms with Crippen LogP contribution < -0.4 is 10.0 Å². The molecule has 116 valence electrons. The molecule has 0 saturated carbocycles. The molecule has 0 aromatic carbocycles. The van der Waals surface area contributed by atoms with Gasteiger partial charge in [0, 0.05) is 24.5 Å². The number of anilines is 1. The van der Waals surface area contributed by atoms with Crippen LogP contribution in [0.25, 0.3) is 0 Å². The van der Waals surface area contributed by atoms with Crippen molar-refractivity contribution >= 4 is 26.7 Å². The van der Waals surface area contributed by atoms with Gasteiger partial charge in [-0.1, -0.05) is 13.8 Å².